The van der Waals surface area contributed by atoms with Gasteiger partial charge in [-0.15, -0.1) is 0 Å². The van der Waals surface area contributed by atoms with Gasteiger partial charge in [-0.25, -0.2) is 4.98 Å². The van der Waals surface area contributed by atoms with Gasteiger partial charge in [-0.05, 0) is 32.9 Å². The maximum absolute atomic E-state index is 5.99. The van der Waals surface area contributed by atoms with Crippen molar-refractivity contribution in [2.24, 2.45) is 0 Å². The number of aromatic nitrogens is 2. The van der Waals surface area contributed by atoms with Crippen LogP contribution < -0.4 is 10.2 Å². The van der Waals surface area contributed by atoms with Gasteiger partial charge in [0.1, 0.15) is 5.82 Å². The summed E-state index contributed by atoms with van der Waals surface area (Å²) in [6.07, 6.45) is 0.181. The first-order chi connectivity index (χ1) is 9.98. The Bertz CT molecular complexity index is 656. The van der Waals surface area contributed by atoms with Crippen LogP contribution >= 0.6 is 0 Å². The number of hydrogen-bond donors (Lipinski definition) is 1. The predicted molar refractivity (Wildman–Crippen MR) is 85.9 cm³/mol. The molecule has 0 bridgehead atoms. The predicted octanol–water partition coefficient (Wildman–Crippen LogP) is 2.68. The average Bonchev–Trinajstić information content (AvgIpc) is 2.44. The van der Waals surface area contributed by atoms with Crippen LogP contribution in [0.4, 0.5) is 11.8 Å². The zero-order chi connectivity index (χ0) is 15.0. The van der Waals surface area contributed by atoms with E-state index in [1.807, 2.05) is 25.2 Å². The zero-order valence-electron chi connectivity index (χ0n) is 13.1. The summed E-state index contributed by atoms with van der Waals surface area (Å²) in [5, 5.41) is 4.14. The maximum atomic E-state index is 5.99. The molecule has 2 heterocycles. The Kier molecular flexibility index (Phi) is 3.45. The monoisotopic (exact) mass is 286 g/mol. The van der Waals surface area contributed by atoms with Crippen molar-refractivity contribution in [3.05, 3.63) is 24.3 Å². The van der Waals surface area contributed by atoms with E-state index >= 15 is 0 Å². The molecule has 5 heteroatoms. The average molecular weight is 286 g/mol. The van der Waals surface area contributed by atoms with Crippen molar-refractivity contribution < 1.29 is 4.74 Å². The Morgan fingerprint density at radius 2 is 2.05 bits per heavy atom. The van der Waals surface area contributed by atoms with E-state index in [1.165, 1.54) is 0 Å². The van der Waals surface area contributed by atoms with E-state index in [0.717, 1.165) is 29.8 Å². The highest BCUT2D eigenvalue weighted by Crippen LogP contribution is 2.30. The first-order valence-electron chi connectivity index (χ1n) is 7.36. The molecule has 1 aliphatic rings. The molecule has 0 aliphatic carbocycles. The molecule has 1 saturated heterocycles. The van der Waals surface area contributed by atoms with E-state index in [0.29, 0.717) is 5.95 Å². The quantitative estimate of drug-likeness (QED) is 0.920. The van der Waals surface area contributed by atoms with Gasteiger partial charge in [0, 0.05) is 25.5 Å². The molecule has 0 radical (unpaired) electrons. The van der Waals surface area contributed by atoms with Crippen LogP contribution in [0.5, 0.6) is 0 Å². The van der Waals surface area contributed by atoms with Crippen LogP contribution in [0, 0.1) is 0 Å². The lowest BCUT2D eigenvalue weighted by Crippen LogP contribution is -2.52. The molecule has 1 aliphatic heterocycles. The van der Waals surface area contributed by atoms with Crippen molar-refractivity contribution in [2.75, 3.05) is 30.4 Å². The lowest BCUT2D eigenvalue weighted by atomic mass is 10.0. The van der Waals surface area contributed by atoms with Gasteiger partial charge in [0.15, 0.2) is 0 Å². The van der Waals surface area contributed by atoms with Gasteiger partial charge in [-0.2, -0.15) is 4.98 Å². The van der Waals surface area contributed by atoms with Gasteiger partial charge < -0.3 is 15.0 Å². The van der Waals surface area contributed by atoms with Crippen LogP contribution in [0.2, 0.25) is 0 Å². The van der Waals surface area contributed by atoms with Crippen molar-refractivity contribution in [3.8, 4) is 0 Å². The number of morpholine rings is 1. The van der Waals surface area contributed by atoms with Crippen LogP contribution in [0.1, 0.15) is 20.8 Å². The van der Waals surface area contributed by atoms with Crippen LogP contribution in [-0.4, -0.2) is 41.8 Å². The summed E-state index contributed by atoms with van der Waals surface area (Å²) < 4.78 is 5.99. The number of nitrogens with one attached hydrogen (secondary N) is 1. The maximum Gasteiger partial charge on any atom is 0.224 e. The number of ether oxygens (including phenoxy) is 1. The highest BCUT2D eigenvalue weighted by atomic mass is 16.5. The van der Waals surface area contributed by atoms with Gasteiger partial charge in [-0.1, -0.05) is 12.1 Å². The Morgan fingerprint density at radius 3 is 2.76 bits per heavy atom. The van der Waals surface area contributed by atoms with E-state index in [2.05, 4.69) is 42.0 Å². The molecule has 0 spiro atoms. The topological polar surface area (TPSA) is 50.3 Å². The minimum absolute atomic E-state index is 0.177. The number of rotatable bonds is 2. The molecule has 3 rings (SSSR count). The highest BCUT2D eigenvalue weighted by Gasteiger charge is 2.32. The normalized spacial score (nSPS) is 21.5. The summed E-state index contributed by atoms with van der Waals surface area (Å²) in [6, 6.07) is 8.14. The largest absolute Gasteiger partial charge is 0.369 e. The number of hydrogen-bond acceptors (Lipinski definition) is 5. The summed E-state index contributed by atoms with van der Waals surface area (Å²) in [5.74, 6) is 1.63. The fourth-order valence-corrected chi connectivity index (χ4v) is 3.03. The van der Waals surface area contributed by atoms with E-state index < -0.39 is 0 Å². The van der Waals surface area contributed by atoms with E-state index in [1.54, 1.807) is 0 Å². The van der Waals surface area contributed by atoms with Crippen LogP contribution in [0.25, 0.3) is 10.9 Å². The van der Waals surface area contributed by atoms with Gasteiger partial charge in [-0.3, -0.25) is 0 Å². The van der Waals surface area contributed by atoms with E-state index in [9.17, 15) is 0 Å². The molecule has 2 aromatic rings. The highest BCUT2D eigenvalue weighted by molar-refractivity contribution is 5.90. The molecule has 1 N–H and O–H groups in total. The lowest BCUT2D eigenvalue weighted by Gasteiger charge is -2.42. The van der Waals surface area contributed by atoms with Gasteiger partial charge >= 0.3 is 0 Å². The third-order valence-electron chi connectivity index (χ3n) is 3.68. The summed E-state index contributed by atoms with van der Waals surface area (Å²) in [6.45, 7) is 8.02. The Morgan fingerprint density at radius 1 is 1.29 bits per heavy atom. The first-order valence-corrected chi connectivity index (χ1v) is 7.36. The van der Waals surface area contributed by atoms with Crippen molar-refractivity contribution in [2.45, 2.75) is 32.5 Å². The molecule has 21 heavy (non-hydrogen) atoms. The molecule has 0 saturated carbocycles. The molecule has 1 fully saturated rings. The van der Waals surface area contributed by atoms with Crippen molar-refractivity contribution in [3.63, 3.8) is 0 Å². The molecule has 5 nitrogen and oxygen atoms in total. The molecular formula is C16H22N4O. The second kappa shape index (κ2) is 5.15. The molecule has 1 unspecified atom stereocenters. The third kappa shape index (κ3) is 2.78. The molecule has 0 amide bonds. The van der Waals surface area contributed by atoms with Crippen LogP contribution in [-0.2, 0) is 4.74 Å². The Balaban J connectivity index is 2.10. The Hall–Kier alpha value is -1.88. The summed E-state index contributed by atoms with van der Waals surface area (Å²) in [7, 11) is 1.85. The molecule has 1 aromatic heterocycles. The SMILES string of the molecule is CNc1nc(N2CC(C)OC(C)(C)C2)c2ccccc2n1. The fraction of sp³-hybridized carbons (Fsp3) is 0.500. The number of para-hydroxylation sites is 1. The van der Waals surface area contributed by atoms with Crippen LogP contribution in [0.15, 0.2) is 24.3 Å². The Labute approximate surface area is 125 Å². The van der Waals surface area contributed by atoms with Gasteiger partial charge in [0.2, 0.25) is 5.95 Å². The van der Waals surface area contributed by atoms with Crippen LogP contribution in [0.3, 0.4) is 0 Å². The number of fused-ring (bicyclic) bond motifs is 1. The third-order valence-corrected chi connectivity index (χ3v) is 3.68. The van der Waals surface area contributed by atoms with Crippen molar-refractivity contribution in [1.29, 1.82) is 0 Å². The summed E-state index contributed by atoms with van der Waals surface area (Å²) >= 11 is 0. The van der Waals surface area contributed by atoms with Gasteiger partial charge in [0.05, 0.1) is 17.2 Å². The summed E-state index contributed by atoms with van der Waals surface area (Å²) in [5.41, 5.74) is 0.785. The zero-order valence-corrected chi connectivity index (χ0v) is 13.1. The van der Waals surface area contributed by atoms with Crippen molar-refractivity contribution >= 4 is 22.7 Å². The molecular weight excluding hydrogens is 264 g/mol. The van der Waals surface area contributed by atoms with E-state index in [-0.39, 0.29) is 11.7 Å². The lowest BCUT2D eigenvalue weighted by molar-refractivity contribution is -0.0750. The minimum atomic E-state index is -0.177. The number of nitrogens with zero attached hydrogens (tertiary/aromatic N) is 3. The molecule has 1 aromatic carbocycles. The number of anilines is 2. The minimum Gasteiger partial charge on any atom is -0.369 e. The summed E-state index contributed by atoms with van der Waals surface area (Å²) in [4.78, 5) is 11.5. The van der Waals surface area contributed by atoms with Gasteiger partial charge in [0.25, 0.3) is 0 Å². The molecule has 112 valence electrons. The molecule has 1 atom stereocenters. The number of benzene rings is 1. The first kappa shape index (κ1) is 14.1. The smallest absolute Gasteiger partial charge is 0.224 e. The second-order valence-electron chi connectivity index (χ2n) is 6.21. The fourth-order valence-electron chi connectivity index (χ4n) is 3.03. The van der Waals surface area contributed by atoms with Crippen molar-refractivity contribution in [1.82, 2.24) is 9.97 Å². The second-order valence-corrected chi connectivity index (χ2v) is 6.21. The van der Waals surface area contributed by atoms with E-state index in [4.69, 9.17) is 9.72 Å². The standard InChI is InChI=1S/C16H22N4O/c1-11-9-20(10-16(2,3)21-11)14-12-7-5-6-8-13(12)18-15(17-4)19-14/h5-8,11H,9-10H2,1-4H3,(H,17,18,19).